The Kier molecular flexibility index (Phi) is 7.76. The van der Waals surface area contributed by atoms with Crippen LogP contribution >= 0.6 is 23.2 Å². The van der Waals surface area contributed by atoms with Crippen molar-refractivity contribution in [3.05, 3.63) is 98.3 Å². The molecule has 0 spiro atoms. The van der Waals surface area contributed by atoms with Crippen molar-refractivity contribution in [2.24, 2.45) is 5.92 Å². The zero-order valence-corrected chi connectivity index (χ0v) is 24.2. The second kappa shape index (κ2) is 11.5. The van der Waals surface area contributed by atoms with Crippen molar-refractivity contribution >= 4 is 34.7 Å². The number of allylic oxidation sites excluding steroid dienone is 1. The summed E-state index contributed by atoms with van der Waals surface area (Å²) in [5, 5.41) is 14.7. The number of nitriles is 1. The van der Waals surface area contributed by atoms with E-state index in [1.807, 2.05) is 43.3 Å². The first-order valence-corrected chi connectivity index (χ1v) is 14.5. The van der Waals surface area contributed by atoms with E-state index in [0.717, 1.165) is 28.0 Å². The number of halogens is 2. The van der Waals surface area contributed by atoms with E-state index in [9.17, 15) is 10.1 Å². The van der Waals surface area contributed by atoms with Crippen molar-refractivity contribution in [3.8, 4) is 11.8 Å². The molecule has 3 aliphatic rings. The number of para-hydroxylation sites is 1. The zero-order chi connectivity index (χ0) is 28.7. The number of ether oxygens (including phenoxy) is 3. The molecule has 6 rings (SSSR count). The summed E-state index contributed by atoms with van der Waals surface area (Å²) in [4.78, 5) is 18.8. The fourth-order valence-corrected chi connectivity index (χ4v) is 6.43. The van der Waals surface area contributed by atoms with Crippen LogP contribution < -0.4 is 10.1 Å². The van der Waals surface area contributed by atoms with Crippen molar-refractivity contribution in [2.75, 3.05) is 13.2 Å². The van der Waals surface area contributed by atoms with Gasteiger partial charge in [0.2, 0.25) is 0 Å². The Morgan fingerprint density at radius 1 is 1.24 bits per heavy atom. The number of amides is 1. The molecule has 1 amide bonds. The van der Waals surface area contributed by atoms with Gasteiger partial charge in [0.05, 0.1) is 30.0 Å². The van der Waals surface area contributed by atoms with Gasteiger partial charge >= 0.3 is 0 Å². The van der Waals surface area contributed by atoms with Crippen molar-refractivity contribution in [1.82, 2.24) is 10.3 Å². The summed E-state index contributed by atoms with van der Waals surface area (Å²) in [6, 6.07) is 15.3. The maximum Gasteiger partial charge on any atom is 0.253 e. The van der Waals surface area contributed by atoms with E-state index in [1.54, 1.807) is 12.3 Å². The van der Waals surface area contributed by atoms with Gasteiger partial charge in [0.25, 0.3) is 5.91 Å². The first-order valence-electron chi connectivity index (χ1n) is 13.8. The zero-order valence-electron chi connectivity index (χ0n) is 22.7. The number of carbonyl (C=O) groups is 1. The van der Waals surface area contributed by atoms with Crippen molar-refractivity contribution in [3.63, 3.8) is 0 Å². The van der Waals surface area contributed by atoms with E-state index in [4.69, 9.17) is 42.4 Å². The van der Waals surface area contributed by atoms with E-state index < -0.39 is 18.3 Å². The molecule has 1 saturated heterocycles. The molecule has 210 valence electrons. The average Bonchev–Trinajstić information content (AvgIpc) is 3.71. The summed E-state index contributed by atoms with van der Waals surface area (Å²) in [5.41, 5.74) is 5.17. The molecule has 41 heavy (non-hydrogen) atoms. The third kappa shape index (κ3) is 5.45. The van der Waals surface area contributed by atoms with E-state index in [0.29, 0.717) is 52.9 Å². The summed E-state index contributed by atoms with van der Waals surface area (Å²) in [6.45, 7) is 4.94. The van der Waals surface area contributed by atoms with Gasteiger partial charge in [0.15, 0.2) is 6.29 Å². The molecule has 1 N–H and O–H groups in total. The van der Waals surface area contributed by atoms with Crippen LogP contribution in [0.1, 0.15) is 70.5 Å². The maximum absolute atomic E-state index is 14.0. The maximum atomic E-state index is 14.0. The first-order chi connectivity index (χ1) is 19.9. The van der Waals surface area contributed by atoms with Gasteiger partial charge in [-0.3, -0.25) is 9.78 Å². The second-order valence-corrected chi connectivity index (χ2v) is 11.4. The number of nitrogens with zero attached hydrogens (tertiary/aromatic N) is 2. The average molecular weight is 591 g/mol. The molecule has 7 nitrogen and oxygen atoms in total. The highest BCUT2D eigenvalue weighted by molar-refractivity contribution is 6.35. The Bertz CT molecular complexity index is 1560. The fourth-order valence-electron chi connectivity index (χ4n) is 5.90. The predicted octanol–water partition coefficient (Wildman–Crippen LogP) is 6.63. The summed E-state index contributed by atoms with van der Waals surface area (Å²) in [7, 11) is 0. The van der Waals surface area contributed by atoms with Gasteiger partial charge in [-0.1, -0.05) is 54.4 Å². The van der Waals surface area contributed by atoms with Crippen LogP contribution in [0.5, 0.6) is 5.75 Å². The number of aromatic nitrogens is 1. The Morgan fingerprint density at radius 3 is 2.78 bits per heavy atom. The molecule has 2 aliphatic heterocycles. The van der Waals surface area contributed by atoms with Gasteiger partial charge in [0.1, 0.15) is 17.8 Å². The minimum Gasteiger partial charge on any atom is -0.493 e. The van der Waals surface area contributed by atoms with Crippen molar-refractivity contribution < 1.29 is 19.0 Å². The molecule has 4 unspecified atom stereocenters. The lowest BCUT2D eigenvalue weighted by atomic mass is 9.78. The van der Waals surface area contributed by atoms with Gasteiger partial charge in [-0.2, -0.15) is 5.26 Å². The molecule has 1 fully saturated rings. The number of rotatable bonds is 7. The number of epoxide rings is 1. The van der Waals surface area contributed by atoms with Crippen LogP contribution in [0, 0.1) is 17.2 Å². The topological polar surface area (TPSA) is 96.8 Å². The lowest BCUT2D eigenvalue weighted by Gasteiger charge is -2.29. The number of carbonyl (C=O) groups excluding carboxylic acids is 1. The summed E-state index contributed by atoms with van der Waals surface area (Å²) >= 11 is 12.7. The highest BCUT2D eigenvalue weighted by atomic mass is 35.5. The van der Waals surface area contributed by atoms with E-state index in [-0.39, 0.29) is 17.9 Å². The number of fused-ring (bicyclic) bond motifs is 2. The SMILES string of the molecule is CCOC1OC1C(C#N)c1c(C(=O)N[C@H]2CCOc3ccccc32)cnc2c1CC(C)C=C2c1cc(Cl)cc(Cl)c1. The molecular formula is C32H29Cl2N3O4. The molecule has 0 bridgehead atoms. The lowest BCUT2D eigenvalue weighted by Crippen LogP contribution is -2.34. The van der Waals surface area contributed by atoms with Crippen LogP contribution in [0.2, 0.25) is 10.0 Å². The fraction of sp³-hybridized carbons (Fsp3) is 0.344. The summed E-state index contributed by atoms with van der Waals surface area (Å²) < 4.78 is 17.3. The molecule has 9 heteroatoms. The normalized spacial score (nSPS) is 23.2. The molecule has 5 atom stereocenters. The molecule has 3 aromatic rings. The summed E-state index contributed by atoms with van der Waals surface area (Å²) in [5.74, 6) is -0.142. The van der Waals surface area contributed by atoms with Crippen LogP contribution in [0.3, 0.4) is 0 Å². The lowest BCUT2D eigenvalue weighted by molar-refractivity contribution is 0.0592. The largest absolute Gasteiger partial charge is 0.493 e. The van der Waals surface area contributed by atoms with E-state index >= 15 is 0 Å². The van der Waals surface area contributed by atoms with Crippen LogP contribution in [0.4, 0.5) is 0 Å². The monoisotopic (exact) mass is 589 g/mol. The second-order valence-electron chi connectivity index (χ2n) is 10.6. The summed E-state index contributed by atoms with van der Waals surface area (Å²) in [6.07, 6.45) is 3.99. The molecule has 0 saturated carbocycles. The minimum atomic E-state index is -0.722. The molecule has 1 aliphatic carbocycles. The third-order valence-electron chi connectivity index (χ3n) is 7.73. The van der Waals surface area contributed by atoms with Crippen LogP contribution in [0.15, 0.2) is 54.7 Å². The van der Waals surface area contributed by atoms with Gasteiger partial charge in [-0.25, -0.2) is 0 Å². The van der Waals surface area contributed by atoms with Crippen LogP contribution in [-0.4, -0.2) is 36.5 Å². The van der Waals surface area contributed by atoms with Crippen molar-refractivity contribution in [2.45, 2.75) is 51.0 Å². The standard InChI is InChI=1S/C32H29Cl2N3O4/c1-3-39-32-30(41-32)24(15-35)28-23-11-17(2)10-22(18-12-19(33)14-20(34)13-18)29(23)36-16-25(28)31(38)37-26-8-9-40-27-7-5-4-6-21(26)27/h4-7,10,12-14,16-17,24,26,30,32H,3,8-9,11H2,1-2H3,(H,37,38)/t17?,24?,26-,30?,32?/m0/s1. The minimum absolute atomic E-state index is 0.110. The predicted molar refractivity (Wildman–Crippen MR) is 156 cm³/mol. The van der Waals surface area contributed by atoms with Gasteiger partial charge in [-0.15, -0.1) is 0 Å². The quantitative estimate of drug-likeness (QED) is 0.310. The smallest absolute Gasteiger partial charge is 0.253 e. The molecule has 1 aromatic heterocycles. The number of hydrogen-bond acceptors (Lipinski definition) is 6. The molecule has 0 radical (unpaired) electrons. The Hall–Kier alpha value is -3.41. The van der Waals surface area contributed by atoms with Crippen LogP contribution in [-0.2, 0) is 15.9 Å². The highest BCUT2D eigenvalue weighted by Crippen LogP contribution is 2.44. The van der Waals surface area contributed by atoms with Gasteiger partial charge in [-0.05, 0) is 60.2 Å². The molecule has 2 aromatic carbocycles. The van der Waals surface area contributed by atoms with E-state index in [2.05, 4.69) is 24.4 Å². The number of benzene rings is 2. The van der Waals surface area contributed by atoms with Crippen molar-refractivity contribution in [1.29, 1.82) is 5.26 Å². The Labute approximate surface area is 249 Å². The first kappa shape index (κ1) is 27.7. The number of pyridine rings is 1. The van der Waals surface area contributed by atoms with Crippen LogP contribution in [0.25, 0.3) is 5.57 Å². The molecular weight excluding hydrogens is 561 g/mol. The third-order valence-corrected chi connectivity index (χ3v) is 8.17. The highest BCUT2D eigenvalue weighted by Gasteiger charge is 2.49. The van der Waals surface area contributed by atoms with E-state index in [1.165, 1.54) is 0 Å². The number of nitrogens with one attached hydrogen (secondary N) is 1. The Morgan fingerprint density at radius 2 is 2.02 bits per heavy atom. The van der Waals surface area contributed by atoms with Gasteiger partial charge < -0.3 is 19.5 Å². The Balaban J connectivity index is 1.45. The van der Waals surface area contributed by atoms with Gasteiger partial charge in [0, 0.05) is 40.4 Å². The molecule has 3 heterocycles. The number of hydrogen-bond donors (Lipinski definition) is 1.